The number of rotatable bonds is 0. The molecule has 1 heterocycles. The van der Waals surface area contributed by atoms with Gasteiger partial charge in [0.15, 0.2) is 0 Å². The minimum atomic E-state index is 0.222. The number of nitrogens with two attached hydrogens (primary N) is 1. The van der Waals surface area contributed by atoms with Gasteiger partial charge in [0.05, 0.1) is 11.0 Å². The maximum absolute atomic E-state index is 6.25. The highest BCUT2D eigenvalue weighted by Gasteiger charge is 2.19. The van der Waals surface area contributed by atoms with Gasteiger partial charge in [0.2, 0.25) is 0 Å². The summed E-state index contributed by atoms with van der Waals surface area (Å²) in [5.41, 5.74) is 11.2. The van der Waals surface area contributed by atoms with Crippen LogP contribution >= 0.6 is 0 Å². The van der Waals surface area contributed by atoms with Crippen molar-refractivity contribution >= 4 is 43.4 Å². The number of hydrogen-bond donors (Lipinski definition) is 1. The Hall–Kier alpha value is -3.75. The van der Waals surface area contributed by atoms with E-state index in [0.717, 1.165) is 17.5 Å². The van der Waals surface area contributed by atoms with Gasteiger partial charge in [-0.15, -0.1) is 0 Å². The monoisotopic (exact) mass is 426 g/mol. The fourth-order valence-corrected chi connectivity index (χ4v) is 5.17. The number of pyridine rings is 1. The molecule has 0 saturated heterocycles. The molecule has 0 aliphatic heterocycles. The Morgan fingerprint density at radius 2 is 1.24 bits per heavy atom. The lowest BCUT2D eigenvalue weighted by Crippen LogP contribution is -2.17. The molecule has 0 fully saturated rings. The average molecular weight is 427 g/mol. The fraction of sp³-hybridized carbons (Fsp3) is 0.129. The van der Waals surface area contributed by atoms with Crippen LogP contribution in [0, 0.1) is 0 Å². The maximum Gasteiger partial charge on any atom is 0.0709 e. The molecule has 1 aromatic heterocycles. The van der Waals surface area contributed by atoms with Crippen LogP contribution in [-0.4, -0.2) is 4.98 Å². The van der Waals surface area contributed by atoms with E-state index in [1.807, 2.05) is 36.4 Å². The molecular weight excluding hydrogens is 400 g/mol. The second kappa shape index (κ2) is 8.31. The van der Waals surface area contributed by atoms with Crippen LogP contribution in [0.1, 0.15) is 30.0 Å². The smallest absolute Gasteiger partial charge is 0.0709 e. The molecule has 33 heavy (non-hydrogen) atoms. The standard InChI is InChI=1S/C18H17N.C13H9N/c19-18-7-3-6-14-16-9-8-12-4-1-2-5-13(12)15(16)10-11-17(14)18;1-3-7-12-10(5-1)9-11-6-2-4-8-13(11)14-12/h1-2,4-5,8-11,18H,3,6-7,19H2;1-9H. The number of benzene rings is 5. The van der Waals surface area contributed by atoms with E-state index in [2.05, 4.69) is 71.7 Å². The zero-order chi connectivity index (χ0) is 22.2. The van der Waals surface area contributed by atoms with Crippen molar-refractivity contribution in [3.8, 4) is 0 Å². The van der Waals surface area contributed by atoms with E-state index in [9.17, 15) is 0 Å². The van der Waals surface area contributed by atoms with Crippen LogP contribution in [0.4, 0.5) is 0 Å². The number of fused-ring (bicyclic) bond motifs is 7. The van der Waals surface area contributed by atoms with Gasteiger partial charge in [-0.2, -0.15) is 0 Å². The summed E-state index contributed by atoms with van der Waals surface area (Å²) in [4.78, 5) is 4.58. The summed E-state index contributed by atoms with van der Waals surface area (Å²) in [6.07, 6.45) is 3.49. The van der Waals surface area contributed by atoms with Crippen molar-refractivity contribution in [1.29, 1.82) is 0 Å². The van der Waals surface area contributed by atoms with Crippen LogP contribution in [0.25, 0.3) is 43.4 Å². The largest absolute Gasteiger partial charge is 0.324 e. The van der Waals surface area contributed by atoms with Crippen molar-refractivity contribution < 1.29 is 0 Å². The first-order valence-corrected chi connectivity index (χ1v) is 11.7. The van der Waals surface area contributed by atoms with Crippen molar-refractivity contribution in [1.82, 2.24) is 4.98 Å². The zero-order valence-electron chi connectivity index (χ0n) is 18.5. The quantitative estimate of drug-likeness (QED) is 0.199. The first-order valence-electron chi connectivity index (χ1n) is 11.7. The first kappa shape index (κ1) is 19.9. The molecule has 2 nitrogen and oxygen atoms in total. The topological polar surface area (TPSA) is 38.9 Å². The van der Waals surface area contributed by atoms with E-state index < -0.39 is 0 Å². The Morgan fingerprint density at radius 3 is 2.00 bits per heavy atom. The van der Waals surface area contributed by atoms with E-state index in [4.69, 9.17) is 5.73 Å². The summed E-state index contributed by atoms with van der Waals surface area (Å²) in [6.45, 7) is 0. The number of nitrogens with zero attached hydrogens (tertiary/aromatic N) is 1. The molecule has 1 aliphatic carbocycles. The van der Waals surface area contributed by atoms with E-state index in [1.165, 1.54) is 56.3 Å². The van der Waals surface area contributed by atoms with Crippen LogP contribution < -0.4 is 5.73 Å². The maximum atomic E-state index is 6.25. The van der Waals surface area contributed by atoms with Gasteiger partial charge in [-0.25, -0.2) is 4.98 Å². The van der Waals surface area contributed by atoms with E-state index >= 15 is 0 Å². The number of para-hydroxylation sites is 2. The summed E-state index contributed by atoms with van der Waals surface area (Å²) >= 11 is 0. The van der Waals surface area contributed by atoms with Crippen LogP contribution in [-0.2, 0) is 6.42 Å². The summed E-state index contributed by atoms with van der Waals surface area (Å²) < 4.78 is 0. The first-order chi connectivity index (χ1) is 16.3. The van der Waals surface area contributed by atoms with Gasteiger partial charge in [0.25, 0.3) is 0 Å². The van der Waals surface area contributed by atoms with E-state index in [0.29, 0.717) is 0 Å². The van der Waals surface area contributed by atoms with Crippen LogP contribution in [0.5, 0.6) is 0 Å². The van der Waals surface area contributed by atoms with Crippen molar-refractivity contribution in [2.24, 2.45) is 5.73 Å². The Balaban J connectivity index is 0.000000131. The average Bonchev–Trinajstić information content (AvgIpc) is 2.87. The molecule has 7 rings (SSSR count). The van der Waals surface area contributed by atoms with Crippen molar-refractivity contribution in [2.45, 2.75) is 25.3 Å². The molecule has 160 valence electrons. The molecule has 0 bridgehead atoms. The van der Waals surface area contributed by atoms with E-state index in [1.54, 1.807) is 0 Å². The minimum absolute atomic E-state index is 0.222. The Bertz CT molecular complexity index is 1510. The predicted octanol–water partition coefficient (Wildman–Crippen LogP) is 7.72. The van der Waals surface area contributed by atoms with Gasteiger partial charge in [0.1, 0.15) is 0 Å². The third-order valence-electron chi connectivity index (χ3n) is 6.84. The van der Waals surface area contributed by atoms with Crippen molar-refractivity contribution in [2.75, 3.05) is 0 Å². The number of aryl methyl sites for hydroxylation is 1. The van der Waals surface area contributed by atoms with Crippen LogP contribution in [0.15, 0.2) is 103 Å². The fourth-order valence-electron chi connectivity index (χ4n) is 5.17. The highest BCUT2D eigenvalue weighted by Crippen LogP contribution is 2.36. The summed E-state index contributed by atoms with van der Waals surface area (Å²) in [5, 5.41) is 7.83. The number of hydrogen-bond acceptors (Lipinski definition) is 2. The molecule has 1 atom stereocenters. The molecule has 0 radical (unpaired) electrons. The van der Waals surface area contributed by atoms with Gasteiger partial charge in [0, 0.05) is 16.8 Å². The van der Waals surface area contributed by atoms with Gasteiger partial charge >= 0.3 is 0 Å². The Labute approximate surface area is 193 Å². The number of aromatic nitrogens is 1. The lowest BCUT2D eigenvalue weighted by molar-refractivity contribution is 0.573. The van der Waals surface area contributed by atoms with Crippen molar-refractivity contribution in [3.63, 3.8) is 0 Å². The highest BCUT2D eigenvalue weighted by atomic mass is 14.7. The minimum Gasteiger partial charge on any atom is -0.324 e. The predicted molar refractivity (Wildman–Crippen MR) is 141 cm³/mol. The summed E-state index contributed by atoms with van der Waals surface area (Å²) in [7, 11) is 0. The Morgan fingerprint density at radius 1 is 0.606 bits per heavy atom. The Kier molecular flexibility index (Phi) is 5.01. The van der Waals surface area contributed by atoms with Crippen molar-refractivity contribution in [3.05, 3.63) is 114 Å². The molecule has 2 N–H and O–H groups in total. The van der Waals surface area contributed by atoms with Gasteiger partial charge in [-0.1, -0.05) is 84.9 Å². The second-order valence-corrected chi connectivity index (χ2v) is 8.89. The summed E-state index contributed by atoms with van der Waals surface area (Å²) in [6, 6.07) is 36.4. The van der Waals surface area contributed by atoms with Gasteiger partial charge in [-0.3, -0.25) is 0 Å². The third-order valence-corrected chi connectivity index (χ3v) is 6.84. The molecule has 1 aliphatic rings. The zero-order valence-corrected chi connectivity index (χ0v) is 18.5. The lowest BCUT2D eigenvalue weighted by Gasteiger charge is -2.24. The van der Waals surface area contributed by atoms with Crippen LogP contribution in [0.2, 0.25) is 0 Å². The molecule has 2 heteroatoms. The van der Waals surface area contributed by atoms with Gasteiger partial charge < -0.3 is 5.73 Å². The molecule has 6 aromatic rings. The molecular formula is C31H26N2. The lowest BCUT2D eigenvalue weighted by atomic mass is 9.84. The highest BCUT2D eigenvalue weighted by molar-refractivity contribution is 6.08. The summed E-state index contributed by atoms with van der Waals surface area (Å²) in [5.74, 6) is 0. The molecule has 1 unspecified atom stereocenters. The SMILES string of the molecule is NC1CCCc2c1ccc1c2ccc2ccccc21.c1ccc2nc3ccccc3cc2c1. The molecule has 0 spiro atoms. The second-order valence-electron chi connectivity index (χ2n) is 8.89. The third kappa shape index (κ3) is 3.63. The molecule has 0 saturated carbocycles. The van der Waals surface area contributed by atoms with E-state index in [-0.39, 0.29) is 6.04 Å². The molecule has 0 amide bonds. The van der Waals surface area contributed by atoms with Crippen LogP contribution in [0.3, 0.4) is 0 Å². The normalized spacial score (nSPS) is 15.4. The van der Waals surface area contributed by atoms with Gasteiger partial charge in [-0.05, 0) is 70.1 Å². The molecule has 5 aromatic carbocycles.